The first-order chi connectivity index (χ1) is 5.72. The first-order valence-corrected chi connectivity index (χ1v) is 3.01. The molecular formula is C7H8N2O3. The molecule has 0 unspecified atom stereocenters. The maximum Gasteiger partial charge on any atom is 0.337 e. The van der Waals surface area contributed by atoms with Gasteiger partial charge in [-0.25, -0.2) is 4.79 Å². The third-order valence-corrected chi connectivity index (χ3v) is 0.908. The zero-order valence-electron chi connectivity index (χ0n) is 6.18. The standard InChI is InChI=1S/C6H5NO2.CH3NO/c8-6(9)5-2-1-3-7-4-5;2-1-3/h1-4H,(H,8,9);1H,(H2,2,3). The van der Waals surface area contributed by atoms with Crippen LogP contribution in [0, 0.1) is 0 Å². The predicted octanol–water partition coefficient (Wildman–Crippen LogP) is -0.119. The summed E-state index contributed by atoms with van der Waals surface area (Å²) in [6.07, 6.45) is 3.09. The highest BCUT2D eigenvalue weighted by Crippen LogP contribution is 1.92. The number of nitrogens with two attached hydrogens (primary N) is 1. The van der Waals surface area contributed by atoms with Crippen molar-refractivity contribution in [2.45, 2.75) is 0 Å². The van der Waals surface area contributed by atoms with Crippen LogP contribution in [0.4, 0.5) is 0 Å². The predicted molar refractivity (Wildman–Crippen MR) is 41.4 cm³/mol. The van der Waals surface area contributed by atoms with Crippen molar-refractivity contribution in [3.63, 3.8) is 0 Å². The number of carbonyl (C=O) groups is 2. The number of hydrogen-bond acceptors (Lipinski definition) is 3. The minimum atomic E-state index is -0.942. The lowest BCUT2D eigenvalue weighted by Gasteiger charge is -1.87. The van der Waals surface area contributed by atoms with Gasteiger partial charge < -0.3 is 10.8 Å². The summed E-state index contributed by atoms with van der Waals surface area (Å²) in [5, 5.41) is 8.34. The zero-order chi connectivity index (χ0) is 9.40. The molecule has 0 aliphatic rings. The molecule has 0 atom stereocenters. The number of carboxylic acids is 1. The molecule has 0 fully saturated rings. The number of amides is 1. The van der Waals surface area contributed by atoms with Gasteiger partial charge in [-0.2, -0.15) is 0 Å². The van der Waals surface area contributed by atoms with E-state index in [0.29, 0.717) is 0 Å². The quantitative estimate of drug-likeness (QED) is 0.571. The van der Waals surface area contributed by atoms with Gasteiger partial charge in [0.15, 0.2) is 0 Å². The number of rotatable bonds is 1. The lowest BCUT2D eigenvalue weighted by atomic mass is 10.3. The molecule has 1 rings (SSSR count). The second-order valence-corrected chi connectivity index (χ2v) is 1.68. The first kappa shape index (κ1) is 10.1. The molecule has 0 bridgehead atoms. The number of nitrogens with zero attached hydrogens (tertiary/aromatic N) is 1. The maximum atomic E-state index is 10.2. The molecule has 5 nitrogen and oxygen atoms in total. The normalized spacial score (nSPS) is 7.67. The molecule has 0 aliphatic carbocycles. The molecule has 0 aliphatic heterocycles. The smallest absolute Gasteiger partial charge is 0.337 e. The molecule has 12 heavy (non-hydrogen) atoms. The summed E-state index contributed by atoms with van der Waals surface area (Å²) in [5.74, 6) is -0.942. The summed E-state index contributed by atoms with van der Waals surface area (Å²) in [5.41, 5.74) is 4.39. The fourth-order valence-corrected chi connectivity index (χ4v) is 0.489. The van der Waals surface area contributed by atoms with Gasteiger partial charge in [-0.1, -0.05) is 0 Å². The number of carboxylic acid groups (broad SMARTS) is 1. The van der Waals surface area contributed by atoms with E-state index in [0.717, 1.165) is 0 Å². The lowest BCUT2D eigenvalue weighted by Crippen LogP contribution is -1.94. The molecule has 0 aromatic carbocycles. The average Bonchev–Trinajstić information content (AvgIpc) is 2.07. The van der Waals surface area contributed by atoms with Crippen LogP contribution in [0.3, 0.4) is 0 Å². The van der Waals surface area contributed by atoms with Crippen LogP contribution in [-0.4, -0.2) is 22.5 Å². The SMILES string of the molecule is NC=O.O=C(O)c1cccnc1. The van der Waals surface area contributed by atoms with E-state index in [1.807, 2.05) is 0 Å². The Bertz CT molecular complexity index is 248. The van der Waals surface area contributed by atoms with E-state index in [-0.39, 0.29) is 12.0 Å². The number of primary amides is 1. The van der Waals surface area contributed by atoms with Gasteiger partial charge >= 0.3 is 5.97 Å². The number of aromatic carboxylic acids is 1. The van der Waals surface area contributed by atoms with Gasteiger partial charge in [0.1, 0.15) is 0 Å². The first-order valence-electron chi connectivity index (χ1n) is 3.01. The van der Waals surface area contributed by atoms with Crippen molar-refractivity contribution < 1.29 is 14.7 Å². The van der Waals surface area contributed by atoms with E-state index >= 15 is 0 Å². The second kappa shape index (κ2) is 5.84. The Morgan fingerprint density at radius 1 is 1.67 bits per heavy atom. The molecule has 64 valence electrons. The Hall–Kier alpha value is -1.91. The molecule has 1 amide bonds. The van der Waals surface area contributed by atoms with Gasteiger partial charge in [-0.15, -0.1) is 0 Å². The molecule has 3 N–H and O–H groups in total. The molecule has 1 aromatic rings. The van der Waals surface area contributed by atoms with Crippen molar-refractivity contribution in [1.82, 2.24) is 4.98 Å². The topological polar surface area (TPSA) is 93.3 Å². The van der Waals surface area contributed by atoms with Crippen molar-refractivity contribution >= 4 is 12.4 Å². The van der Waals surface area contributed by atoms with Gasteiger partial charge in [0.25, 0.3) is 0 Å². The Balaban J connectivity index is 0.000000354. The van der Waals surface area contributed by atoms with Crippen LogP contribution >= 0.6 is 0 Å². The summed E-state index contributed by atoms with van der Waals surface area (Å²) in [4.78, 5) is 22.4. The van der Waals surface area contributed by atoms with Crippen LogP contribution in [0.1, 0.15) is 10.4 Å². The molecule has 0 spiro atoms. The van der Waals surface area contributed by atoms with Crippen LogP contribution < -0.4 is 5.73 Å². The average molecular weight is 168 g/mol. The van der Waals surface area contributed by atoms with E-state index in [4.69, 9.17) is 9.90 Å². The van der Waals surface area contributed by atoms with Gasteiger partial charge in [0, 0.05) is 12.4 Å². The van der Waals surface area contributed by atoms with Crippen molar-refractivity contribution in [3.05, 3.63) is 30.1 Å². The number of aromatic nitrogens is 1. The van der Waals surface area contributed by atoms with Crippen LogP contribution in [0.2, 0.25) is 0 Å². The highest BCUT2D eigenvalue weighted by molar-refractivity contribution is 5.86. The van der Waals surface area contributed by atoms with Gasteiger partial charge in [-0.05, 0) is 12.1 Å². The molecule has 0 saturated heterocycles. The van der Waals surface area contributed by atoms with Crippen molar-refractivity contribution in [2.75, 3.05) is 0 Å². The minimum absolute atomic E-state index is 0.220. The Morgan fingerprint density at radius 3 is 2.50 bits per heavy atom. The van der Waals surface area contributed by atoms with Gasteiger partial charge in [0.2, 0.25) is 6.41 Å². The summed E-state index contributed by atoms with van der Waals surface area (Å²) in [6, 6.07) is 3.08. The molecule has 5 heteroatoms. The zero-order valence-corrected chi connectivity index (χ0v) is 6.18. The fourth-order valence-electron chi connectivity index (χ4n) is 0.489. The van der Waals surface area contributed by atoms with Crippen LogP contribution in [0.15, 0.2) is 24.5 Å². The number of carbonyl (C=O) groups excluding carboxylic acids is 1. The maximum absolute atomic E-state index is 10.2. The van der Waals surface area contributed by atoms with Crippen molar-refractivity contribution in [3.8, 4) is 0 Å². The largest absolute Gasteiger partial charge is 0.478 e. The lowest BCUT2D eigenvalue weighted by molar-refractivity contribution is -0.106. The van der Waals surface area contributed by atoms with Crippen molar-refractivity contribution in [1.29, 1.82) is 0 Å². The fraction of sp³-hybridized carbons (Fsp3) is 0. The van der Waals surface area contributed by atoms with Gasteiger partial charge in [-0.3, -0.25) is 9.78 Å². The Morgan fingerprint density at radius 2 is 2.25 bits per heavy atom. The van der Waals surface area contributed by atoms with Crippen LogP contribution in [0.5, 0.6) is 0 Å². The van der Waals surface area contributed by atoms with Crippen LogP contribution in [-0.2, 0) is 4.79 Å². The monoisotopic (exact) mass is 168 g/mol. The molecule has 0 radical (unpaired) electrons. The summed E-state index contributed by atoms with van der Waals surface area (Å²) in [7, 11) is 0. The number of hydrogen-bond donors (Lipinski definition) is 2. The Labute approximate surface area is 68.8 Å². The van der Waals surface area contributed by atoms with E-state index in [9.17, 15) is 4.79 Å². The molecule has 0 saturated carbocycles. The van der Waals surface area contributed by atoms with E-state index in [2.05, 4.69) is 10.7 Å². The van der Waals surface area contributed by atoms with Crippen molar-refractivity contribution in [2.24, 2.45) is 5.73 Å². The third kappa shape index (κ3) is 3.99. The van der Waals surface area contributed by atoms with Gasteiger partial charge in [0.05, 0.1) is 5.56 Å². The highest BCUT2D eigenvalue weighted by Gasteiger charge is 1.97. The molecular weight excluding hydrogens is 160 g/mol. The molecule has 1 aromatic heterocycles. The van der Waals surface area contributed by atoms with Crippen LogP contribution in [0.25, 0.3) is 0 Å². The Kier molecular flexibility index (Phi) is 4.91. The number of pyridine rings is 1. The minimum Gasteiger partial charge on any atom is -0.478 e. The highest BCUT2D eigenvalue weighted by atomic mass is 16.4. The van der Waals surface area contributed by atoms with E-state index in [1.54, 1.807) is 6.07 Å². The van der Waals surface area contributed by atoms with E-state index < -0.39 is 5.97 Å². The molecule has 1 heterocycles. The summed E-state index contributed by atoms with van der Waals surface area (Å²) in [6.45, 7) is 0. The third-order valence-electron chi connectivity index (χ3n) is 0.908. The van der Waals surface area contributed by atoms with E-state index in [1.165, 1.54) is 18.5 Å². The second-order valence-electron chi connectivity index (χ2n) is 1.68. The summed E-state index contributed by atoms with van der Waals surface area (Å²) < 4.78 is 0. The summed E-state index contributed by atoms with van der Waals surface area (Å²) >= 11 is 0.